The van der Waals surface area contributed by atoms with Gasteiger partial charge in [0.15, 0.2) is 0 Å². The molecule has 0 radical (unpaired) electrons. The average molecular weight is 385 g/mol. The number of hydrogen-bond donors (Lipinski definition) is 0. The Labute approximate surface area is 100 Å². The molecule has 4 heteroatoms. The van der Waals surface area contributed by atoms with E-state index in [1.165, 1.54) is 0 Å². The number of likely N-dealkylation sites (N-methyl/N-ethyl adjacent to an activating group) is 1. The van der Waals surface area contributed by atoms with E-state index < -0.39 is 0 Å². The molecule has 0 rings (SSSR count). The Morgan fingerprint density at radius 3 is 2.09 bits per heavy atom. The van der Waals surface area contributed by atoms with Crippen LogP contribution in [0.4, 0.5) is 0 Å². The van der Waals surface area contributed by atoms with Crippen molar-refractivity contribution in [3.63, 3.8) is 0 Å². The van der Waals surface area contributed by atoms with Gasteiger partial charge in [-0.15, -0.1) is 0 Å². The molecule has 0 heterocycles. The predicted molar refractivity (Wildman–Crippen MR) is 52.6 cm³/mol. The maximum absolute atomic E-state index is 5.34. The van der Waals surface area contributed by atoms with Crippen molar-refractivity contribution in [2.75, 3.05) is 45.3 Å². The molecule has 0 aliphatic heterocycles. The van der Waals surface area contributed by atoms with Crippen LogP contribution in [0.15, 0.2) is 0 Å². The van der Waals surface area contributed by atoms with Gasteiger partial charge in [0.05, 0.1) is 34.4 Å². The summed E-state index contributed by atoms with van der Waals surface area (Å²) >= 11 is 2.32. The molecule has 0 aromatic rings. The molecule has 11 heavy (non-hydrogen) atoms. The van der Waals surface area contributed by atoms with Gasteiger partial charge < -0.3 is 33.2 Å². The van der Waals surface area contributed by atoms with E-state index in [4.69, 9.17) is 4.74 Å². The van der Waals surface area contributed by atoms with Gasteiger partial charge in [0, 0.05) is 4.43 Å². The van der Waals surface area contributed by atoms with Crippen LogP contribution >= 0.6 is 22.6 Å². The number of hydrogen-bond acceptors (Lipinski definition) is 1. The molecule has 0 atom stereocenters. The highest BCUT2D eigenvalue weighted by Crippen LogP contribution is 1.90. The van der Waals surface area contributed by atoms with Crippen molar-refractivity contribution in [1.82, 2.24) is 0 Å². The molecule has 0 bridgehead atoms. The highest BCUT2D eigenvalue weighted by molar-refractivity contribution is 14.1. The molecule has 70 valence electrons. The van der Waals surface area contributed by atoms with E-state index in [0.29, 0.717) is 0 Å². The molecule has 0 aromatic heterocycles. The van der Waals surface area contributed by atoms with Gasteiger partial charge in [-0.1, -0.05) is 22.6 Å². The van der Waals surface area contributed by atoms with Gasteiger partial charge in [0.2, 0.25) is 0 Å². The first-order chi connectivity index (χ1) is 4.56. The second-order valence-corrected chi connectivity index (χ2v) is 4.39. The molecule has 0 N–H and O–H groups in total. The minimum absolute atomic E-state index is 0. The monoisotopic (exact) mass is 385 g/mol. The van der Waals surface area contributed by atoms with Crippen molar-refractivity contribution in [3.8, 4) is 0 Å². The zero-order valence-corrected chi connectivity index (χ0v) is 11.8. The maximum atomic E-state index is 5.34. The first-order valence-electron chi connectivity index (χ1n) is 3.50. The molecule has 0 aliphatic rings. The summed E-state index contributed by atoms with van der Waals surface area (Å²) in [6, 6.07) is 0. The fourth-order valence-electron chi connectivity index (χ4n) is 0.495. The summed E-state index contributed by atoms with van der Waals surface area (Å²) in [6.45, 7) is 2.86. The number of alkyl halides is 1. The zero-order chi connectivity index (χ0) is 8.04. The number of halogens is 2. The van der Waals surface area contributed by atoms with Crippen molar-refractivity contribution in [3.05, 3.63) is 0 Å². The van der Waals surface area contributed by atoms with Crippen molar-refractivity contribution >= 4 is 22.6 Å². The van der Waals surface area contributed by atoms with Crippen LogP contribution in [-0.4, -0.2) is 49.8 Å². The fourth-order valence-corrected chi connectivity index (χ4v) is 0.806. The van der Waals surface area contributed by atoms with Gasteiger partial charge in [-0.25, -0.2) is 0 Å². The summed E-state index contributed by atoms with van der Waals surface area (Å²) in [5.74, 6) is 0. The molecule has 0 amide bonds. The fraction of sp³-hybridized carbons (Fsp3) is 1.00. The highest BCUT2D eigenvalue weighted by atomic mass is 127. The third kappa shape index (κ3) is 14.3. The van der Waals surface area contributed by atoms with Crippen molar-refractivity contribution < 1.29 is 33.2 Å². The number of ether oxygens (including phenoxy) is 1. The minimum atomic E-state index is 0. The normalized spacial score (nSPS) is 10.9. The van der Waals surface area contributed by atoms with Crippen LogP contribution in [0.25, 0.3) is 0 Å². The van der Waals surface area contributed by atoms with Crippen LogP contribution in [0.2, 0.25) is 0 Å². The Bertz CT molecular complexity index is 83.0. The van der Waals surface area contributed by atoms with Gasteiger partial charge in [0.1, 0.15) is 6.54 Å². The van der Waals surface area contributed by atoms with E-state index in [9.17, 15) is 0 Å². The van der Waals surface area contributed by atoms with Crippen molar-refractivity contribution in [2.45, 2.75) is 0 Å². The molecule has 0 fully saturated rings. The second-order valence-electron chi connectivity index (χ2n) is 3.32. The Morgan fingerprint density at radius 1 is 1.18 bits per heavy atom. The van der Waals surface area contributed by atoms with Crippen LogP contribution in [0, 0.1) is 0 Å². The lowest BCUT2D eigenvalue weighted by atomic mass is 10.5. The summed E-state index contributed by atoms with van der Waals surface area (Å²) < 4.78 is 7.42. The summed E-state index contributed by atoms with van der Waals surface area (Å²) in [7, 11) is 6.52. The number of nitrogens with zero attached hydrogens (tertiary/aromatic N) is 1. The minimum Gasteiger partial charge on any atom is -1.00 e. The van der Waals surface area contributed by atoms with Crippen LogP contribution < -0.4 is 24.0 Å². The number of rotatable bonds is 5. The SMILES string of the molecule is C[N+](C)(C)CCOCCI.[I-]. The molecule has 0 aliphatic carbocycles. The quantitative estimate of drug-likeness (QED) is 0.234. The summed E-state index contributed by atoms with van der Waals surface area (Å²) in [6.07, 6.45) is 0. The number of quaternary nitrogens is 1. The lowest BCUT2D eigenvalue weighted by Crippen LogP contribution is -3.00. The average Bonchev–Trinajstić information content (AvgIpc) is 1.78. The van der Waals surface area contributed by atoms with E-state index in [0.717, 1.165) is 28.7 Å². The standard InChI is InChI=1S/C7H17INO.HI/c1-9(2,3)5-7-10-6-4-8;/h4-7H2,1-3H3;1H/q+1;/p-1. The maximum Gasteiger partial charge on any atom is 0.102 e. The van der Waals surface area contributed by atoms with E-state index in [-0.39, 0.29) is 24.0 Å². The summed E-state index contributed by atoms with van der Waals surface area (Å²) in [5, 5.41) is 0. The summed E-state index contributed by atoms with van der Waals surface area (Å²) in [4.78, 5) is 0. The lowest BCUT2D eigenvalue weighted by Gasteiger charge is -2.23. The summed E-state index contributed by atoms with van der Waals surface area (Å²) in [5.41, 5.74) is 0. The third-order valence-corrected chi connectivity index (χ3v) is 1.57. The zero-order valence-electron chi connectivity index (χ0n) is 7.44. The molecule has 0 saturated carbocycles. The molecule has 0 aromatic carbocycles. The lowest BCUT2D eigenvalue weighted by molar-refractivity contribution is -0.870. The van der Waals surface area contributed by atoms with E-state index in [1.807, 2.05) is 0 Å². The first-order valence-corrected chi connectivity index (χ1v) is 5.03. The van der Waals surface area contributed by atoms with Crippen LogP contribution in [0.5, 0.6) is 0 Å². The van der Waals surface area contributed by atoms with E-state index >= 15 is 0 Å². The smallest absolute Gasteiger partial charge is 0.102 e. The molecule has 0 spiro atoms. The van der Waals surface area contributed by atoms with Gasteiger partial charge in [-0.2, -0.15) is 0 Å². The molecule has 0 saturated heterocycles. The Morgan fingerprint density at radius 2 is 1.73 bits per heavy atom. The van der Waals surface area contributed by atoms with Gasteiger partial charge in [0.25, 0.3) is 0 Å². The van der Waals surface area contributed by atoms with Gasteiger partial charge >= 0.3 is 0 Å². The van der Waals surface area contributed by atoms with Gasteiger partial charge in [-0.3, -0.25) is 0 Å². The Kier molecular flexibility index (Phi) is 10.8. The third-order valence-electron chi connectivity index (χ3n) is 1.13. The predicted octanol–water partition coefficient (Wildman–Crippen LogP) is -1.85. The molecule has 0 unspecified atom stereocenters. The molecule has 2 nitrogen and oxygen atoms in total. The van der Waals surface area contributed by atoms with Crippen LogP contribution in [-0.2, 0) is 4.74 Å². The largest absolute Gasteiger partial charge is 1.00 e. The van der Waals surface area contributed by atoms with Crippen molar-refractivity contribution in [1.29, 1.82) is 0 Å². The van der Waals surface area contributed by atoms with Crippen LogP contribution in [0.1, 0.15) is 0 Å². The first kappa shape index (κ1) is 14.9. The second kappa shape index (κ2) is 8.00. The Balaban J connectivity index is 0. The topological polar surface area (TPSA) is 9.23 Å². The van der Waals surface area contributed by atoms with Gasteiger partial charge in [-0.05, 0) is 0 Å². The van der Waals surface area contributed by atoms with E-state index in [1.54, 1.807) is 0 Å². The highest BCUT2D eigenvalue weighted by Gasteiger charge is 2.04. The Hall–Kier alpha value is 1.38. The van der Waals surface area contributed by atoms with Crippen LogP contribution in [0.3, 0.4) is 0 Å². The molecular formula is C7H17I2NO. The molecular weight excluding hydrogens is 368 g/mol. The van der Waals surface area contributed by atoms with E-state index in [2.05, 4.69) is 43.7 Å². The van der Waals surface area contributed by atoms with Crippen molar-refractivity contribution in [2.24, 2.45) is 0 Å².